The van der Waals surface area contributed by atoms with Crippen LogP contribution in [0, 0.1) is 11.3 Å². The van der Waals surface area contributed by atoms with Crippen molar-refractivity contribution in [2.24, 2.45) is 16.8 Å². The number of rotatable bonds is 6. The number of aromatic nitrogens is 2. The van der Waals surface area contributed by atoms with Crippen molar-refractivity contribution in [3.8, 4) is 6.07 Å². The topological polar surface area (TPSA) is 146 Å². The van der Waals surface area contributed by atoms with Gasteiger partial charge in [0.05, 0.1) is 5.69 Å². The monoisotopic (exact) mass is 405 g/mol. The van der Waals surface area contributed by atoms with Gasteiger partial charge in [-0.1, -0.05) is 60.3 Å². The van der Waals surface area contributed by atoms with E-state index < -0.39 is 5.56 Å². The van der Waals surface area contributed by atoms with E-state index in [0.29, 0.717) is 28.9 Å². The van der Waals surface area contributed by atoms with Crippen LogP contribution in [0.3, 0.4) is 0 Å². The number of nitrogens with one attached hydrogen (secondary N) is 2. The van der Waals surface area contributed by atoms with Crippen LogP contribution in [0.5, 0.6) is 0 Å². The Morgan fingerprint density at radius 2 is 1.97 bits per heavy atom. The fourth-order valence-electron chi connectivity index (χ4n) is 2.75. The highest BCUT2D eigenvalue weighted by Gasteiger charge is 2.13. The van der Waals surface area contributed by atoms with Gasteiger partial charge in [0, 0.05) is 17.7 Å². The molecular formula is C20H19N7OS. The van der Waals surface area contributed by atoms with Gasteiger partial charge in [-0.15, -0.1) is 0 Å². The first-order valence-corrected chi connectivity index (χ1v) is 9.67. The van der Waals surface area contributed by atoms with E-state index in [1.807, 2.05) is 60.7 Å². The van der Waals surface area contributed by atoms with Crippen LogP contribution in [0.2, 0.25) is 0 Å². The molecule has 0 saturated heterocycles. The Balaban J connectivity index is 1.82. The van der Waals surface area contributed by atoms with Gasteiger partial charge in [-0.2, -0.15) is 10.4 Å². The smallest absolute Gasteiger partial charge is 0.269 e. The average Bonchev–Trinajstić information content (AvgIpc) is 2.74. The van der Waals surface area contributed by atoms with Gasteiger partial charge < -0.3 is 16.3 Å². The van der Waals surface area contributed by atoms with E-state index in [2.05, 4.69) is 20.5 Å². The Hall–Kier alpha value is -3.61. The minimum atomic E-state index is -0.436. The van der Waals surface area contributed by atoms with Crippen LogP contribution in [0.25, 0.3) is 0 Å². The van der Waals surface area contributed by atoms with Crippen LogP contribution < -0.4 is 22.7 Å². The fraction of sp³-hybridized carbons (Fsp3) is 0.100. The molecule has 2 aromatic carbocycles. The van der Waals surface area contributed by atoms with E-state index >= 15 is 0 Å². The van der Waals surface area contributed by atoms with E-state index in [1.54, 1.807) is 0 Å². The van der Waals surface area contributed by atoms with Crippen LogP contribution >= 0.6 is 11.8 Å². The minimum absolute atomic E-state index is 0.0398. The lowest BCUT2D eigenvalue weighted by atomic mass is 10.1. The molecule has 8 nitrogen and oxygen atoms in total. The molecule has 0 aliphatic rings. The van der Waals surface area contributed by atoms with E-state index in [4.69, 9.17) is 11.7 Å². The maximum absolute atomic E-state index is 12.3. The van der Waals surface area contributed by atoms with Crippen LogP contribution in [0.1, 0.15) is 27.9 Å². The van der Waals surface area contributed by atoms with Gasteiger partial charge in [0.2, 0.25) is 0 Å². The lowest BCUT2D eigenvalue weighted by molar-refractivity contribution is 0.870. The van der Waals surface area contributed by atoms with Crippen LogP contribution in [-0.2, 0) is 12.2 Å². The number of thioether (sulfide) groups is 1. The minimum Gasteiger partial charge on any atom is -0.321 e. The Bertz CT molecular complexity index is 1120. The molecule has 1 heterocycles. The number of amidine groups is 1. The second-order valence-corrected chi connectivity index (χ2v) is 7.04. The highest BCUT2D eigenvalue weighted by atomic mass is 32.2. The largest absolute Gasteiger partial charge is 0.321 e. The van der Waals surface area contributed by atoms with Crippen molar-refractivity contribution >= 4 is 17.6 Å². The van der Waals surface area contributed by atoms with Crippen molar-refractivity contribution in [2.75, 3.05) is 0 Å². The lowest BCUT2D eigenvalue weighted by Gasteiger charge is -2.08. The van der Waals surface area contributed by atoms with E-state index in [1.165, 1.54) is 11.8 Å². The van der Waals surface area contributed by atoms with Crippen molar-refractivity contribution in [3.05, 3.63) is 92.9 Å². The Labute approximate surface area is 171 Å². The molecule has 146 valence electrons. The van der Waals surface area contributed by atoms with E-state index in [0.717, 1.165) is 16.7 Å². The molecule has 0 radical (unpaired) electrons. The second-order valence-electron chi connectivity index (χ2n) is 6.08. The third-order valence-electron chi connectivity index (χ3n) is 4.14. The number of hydrogen-bond acceptors (Lipinski definition) is 7. The van der Waals surface area contributed by atoms with Crippen molar-refractivity contribution in [2.45, 2.75) is 17.3 Å². The summed E-state index contributed by atoms with van der Waals surface area (Å²) in [6, 6.07) is 19.1. The Kier molecular flexibility index (Phi) is 6.63. The van der Waals surface area contributed by atoms with Crippen molar-refractivity contribution in [1.82, 2.24) is 15.4 Å². The maximum atomic E-state index is 12.3. The highest BCUT2D eigenvalue weighted by molar-refractivity contribution is 7.98. The van der Waals surface area contributed by atoms with Gasteiger partial charge >= 0.3 is 0 Å². The van der Waals surface area contributed by atoms with Crippen LogP contribution in [0.4, 0.5) is 0 Å². The van der Waals surface area contributed by atoms with E-state index in [9.17, 15) is 10.1 Å². The first-order chi connectivity index (χ1) is 14.1. The molecule has 9 heteroatoms. The zero-order valence-electron chi connectivity index (χ0n) is 15.4. The van der Waals surface area contributed by atoms with Gasteiger partial charge in [-0.3, -0.25) is 4.79 Å². The van der Waals surface area contributed by atoms with Crippen LogP contribution in [0.15, 0.2) is 69.6 Å². The van der Waals surface area contributed by atoms with Crippen molar-refractivity contribution < 1.29 is 0 Å². The van der Waals surface area contributed by atoms with Gasteiger partial charge in [0.15, 0.2) is 11.0 Å². The summed E-state index contributed by atoms with van der Waals surface area (Å²) in [5, 5.41) is 13.4. The summed E-state index contributed by atoms with van der Waals surface area (Å²) in [6.07, 6.45) is 0.412. The van der Waals surface area contributed by atoms with Crippen molar-refractivity contribution in [3.63, 3.8) is 0 Å². The molecule has 0 unspecified atom stereocenters. The lowest BCUT2D eigenvalue weighted by Crippen LogP contribution is -2.32. The molecule has 3 rings (SSSR count). The number of nitrogens with zero attached hydrogens (tertiary/aromatic N) is 3. The zero-order valence-corrected chi connectivity index (χ0v) is 16.2. The standard InChI is InChI=1S/C20H19N7OS/c21-11-16-17(10-13-5-2-1-3-6-13)24-20(25-19(16)28)29-12-14-7-4-8-15(9-14)18(26-22)27-23/h1-9H,10,12,22-23H2,(H,26,27)(H,24,25,28). The number of nitriles is 1. The number of H-pyrrole nitrogens is 1. The molecule has 6 N–H and O–H groups in total. The number of benzene rings is 2. The Morgan fingerprint density at radius 3 is 2.66 bits per heavy atom. The highest BCUT2D eigenvalue weighted by Crippen LogP contribution is 2.21. The van der Waals surface area contributed by atoms with Crippen LogP contribution in [-0.4, -0.2) is 15.8 Å². The summed E-state index contributed by atoms with van der Waals surface area (Å²) < 4.78 is 0. The molecule has 0 spiro atoms. The molecule has 0 aliphatic heterocycles. The predicted octanol–water partition coefficient (Wildman–Crippen LogP) is 1.61. The molecule has 1 aromatic heterocycles. The quantitative estimate of drug-likeness (QED) is 0.122. The number of nitrogens with two attached hydrogens (primary N) is 2. The van der Waals surface area contributed by atoms with Gasteiger partial charge in [0.25, 0.3) is 5.56 Å². The first-order valence-electron chi connectivity index (χ1n) is 8.68. The van der Waals surface area contributed by atoms with Gasteiger partial charge in [0.1, 0.15) is 11.6 Å². The maximum Gasteiger partial charge on any atom is 0.269 e. The molecule has 0 fully saturated rings. The average molecular weight is 405 g/mol. The van der Waals surface area contributed by atoms with Gasteiger partial charge in [-0.25, -0.2) is 10.8 Å². The van der Waals surface area contributed by atoms with Gasteiger partial charge in [-0.05, 0) is 17.2 Å². The summed E-state index contributed by atoms with van der Waals surface area (Å²) in [6.45, 7) is 0. The molecule has 0 saturated carbocycles. The van der Waals surface area contributed by atoms with E-state index in [-0.39, 0.29) is 5.56 Å². The molecule has 0 amide bonds. The zero-order chi connectivity index (χ0) is 20.6. The SMILES string of the molecule is N#Cc1c(Cc2ccccc2)nc(SCc2cccc(/C(=N/N)NN)c2)[nH]c1=O. The molecule has 29 heavy (non-hydrogen) atoms. The first kappa shape index (κ1) is 20.1. The molecule has 0 atom stereocenters. The fourth-order valence-corrected chi connectivity index (χ4v) is 3.58. The number of hydrazine groups is 1. The number of hydrazone groups is 1. The number of aromatic amines is 1. The summed E-state index contributed by atoms with van der Waals surface area (Å²) in [5.74, 6) is 11.6. The van der Waals surface area contributed by atoms with Crippen molar-refractivity contribution in [1.29, 1.82) is 5.26 Å². The predicted molar refractivity (Wildman–Crippen MR) is 113 cm³/mol. The normalized spacial score (nSPS) is 11.1. The summed E-state index contributed by atoms with van der Waals surface area (Å²) in [5.41, 5.74) is 5.22. The third kappa shape index (κ3) is 5.01. The molecule has 0 bridgehead atoms. The summed E-state index contributed by atoms with van der Waals surface area (Å²) in [4.78, 5) is 19.5. The second kappa shape index (κ2) is 9.54. The molecule has 3 aromatic rings. The number of hydrogen-bond donors (Lipinski definition) is 4. The molecule has 0 aliphatic carbocycles. The third-order valence-corrected chi connectivity index (χ3v) is 5.09. The molecular weight excluding hydrogens is 386 g/mol. The Morgan fingerprint density at radius 1 is 1.21 bits per heavy atom. The summed E-state index contributed by atoms with van der Waals surface area (Å²) in [7, 11) is 0. The summed E-state index contributed by atoms with van der Waals surface area (Å²) >= 11 is 1.37.